The molecule has 1 aliphatic carbocycles. The first-order valence-electron chi connectivity index (χ1n) is 6.49. The maximum Gasteiger partial charge on any atom is 0.0339 e. The van der Waals surface area contributed by atoms with E-state index >= 15 is 0 Å². The van der Waals surface area contributed by atoms with E-state index in [9.17, 15) is 0 Å². The molecule has 1 aromatic heterocycles. The first kappa shape index (κ1) is 12.2. The molecule has 1 atom stereocenters. The fourth-order valence-corrected chi connectivity index (χ4v) is 4.00. The van der Waals surface area contributed by atoms with Crippen LogP contribution in [0.4, 0.5) is 0 Å². The van der Waals surface area contributed by atoms with Crippen LogP contribution in [0.2, 0.25) is 0 Å². The van der Waals surface area contributed by atoms with Crippen LogP contribution in [-0.4, -0.2) is 30.6 Å². The minimum Gasteiger partial charge on any atom is -0.314 e. The van der Waals surface area contributed by atoms with Crippen molar-refractivity contribution in [3.05, 3.63) is 20.8 Å². The van der Waals surface area contributed by atoms with Crippen molar-refractivity contribution < 1.29 is 0 Å². The number of nitrogens with zero attached hydrogens (tertiary/aromatic N) is 1. The SMILES string of the molecule is Brc1ccsc1CN1CCC(CNC2CC2)C1. The molecule has 0 aromatic carbocycles. The highest BCUT2D eigenvalue weighted by atomic mass is 79.9. The molecule has 1 aromatic rings. The van der Waals surface area contributed by atoms with Crippen molar-refractivity contribution >= 4 is 27.3 Å². The summed E-state index contributed by atoms with van der Waals surface area (Å²) in [4.78, 5) is 4.07. The van der Waals surface area contributed by atoms with Crippen molar-refractivity contribution in [2.24, 2.45) is 5.92 Å². The van der Waals surface area contributed by atoms with Gasteiger partial charge in [-0.05, 0) is 65.6 Å². The number of halogens is 1. The van der Waals surface area contributed by atoms with Gasteiger partial charge in [0.05, 0.1) is 0 Å². The third-order valence-electron chi connectivity index (χ3n) is 3.70. The van der Waals surface area contributed by atoms with Gasteiger partial charge in [0.15, 0.2) is 0 Å². The number of thiophene rings is 1. The monoisotopic (exact) mass is 314 g/mol. The molecule has 0 amide bonds. The van der Waals surface area contributed by atoms with Crippen LogP contribution in [0, 0.1) is 5.92 Å². The van der Waals surface area contributed by atoms with Gasteiger partial charge in [-0.3, -0.25) is 4.90 Å². The summed E-state index contributed by atoms with van der Waals surface area (Å²) >= 11 is 5.48. The van der Waals surface area contributed by atoms with E-state index in [4.69, 9.17) is 0 Å². The van der Waals surface area contributed by atoms with E-state index in [1.165, 1.54) is 48.2 Å². The lowest BCUT2D eigenvalue weighted by Crippen LogP contribution is -2.27. The summed E-state index contributed by atoms with van der Waals surface area (Å²) in [7, 11) is 0. The molecule has 94 valence electrons. The maximum atomic E-state index is 3.66. The second-order valence-corrected chi connectivity index (χ2v) is 7.12. The number of hydrogen-bond donors (Lipinski definition) is 1. The number of hydrogen-bond acceptors (Lipinski definition) is 3. The van der Waals surface area contributed by atoms with Crippen LogP contribution >= 0.6 is 27.3 Å². The van der Waals surface area contributed by atoms with Crippen molar-refractivity contribution in [2.45, 2.75) is 31.8 Å². The average molecular weight is 315 g/mol. The van der Waals surface area contributed by atoms with Gasteiger partial charge in [-0.1, -0.05) is 0 Å². The van der Waals surface area contributed by atoms with Crippen LogP contribution in [0.3, 0.4) is 0 Å². The van der Waals surface area contributed by atoms with Crippen LogP contribution in [0.25, 0.3) is 0 Å². The van der Waals surface area contributed by atoms with Crippen LogP contribution in [0.5, 0.6) is 0 Å². The molecule has 3 rings (SSSR count). The van der Waals surface area contributed by atoms with Gasteiger partial charge in [0.1, 0.15) is 0 Å². The number of nitrogens with one attached hydrogen (secondary N) is 1. The molecule has 1 saturated carbocycles. The third kappa shape index (κ3) is 3.31. The molecule has 0 spiro atoms. The summed E-state index contributed by atoms with van der Waals surface area (Å²) in [6, 6.07) is 3.01. The first-order chi connectivity index (χ1) is 8.31. The molecule has 2 fully saturated rings. The summed E-state index contributed by atoms with van der Waals surface area (Å²) in [6.45, 7) is 4.89. The van der Waals surface area contributed by atoms with Gasteiger partial charge in [-0.2, -0.15) is 0 Å². The van der Waals surface area contributed by atoms with E-state index in [1.54, 1.807) is 0 Å². The lowest BCUT2D eigenvalue weighted by atomic mass is 10.1. The zero-order valence-corrected chi connectivity index (χ0v) is 12.4. The predicted molar refractivity (Wildman–Crippen MR) is 76.4 cm³/mol. The molecule has 0 bridgehead atoms. The van der Waals surface area contributed by atoms with Crippen LogP contribution in [0.15, 0.2) is 15.9 Å². The molecule has 1 saturated heterocycles. The zero-order valence-electron chi connectivity index (χ0n) is 9.99. The Balaban J connectivity index is 1.45. The van der Waals surface area contributed by atoms with Crippen molar-refractivity contribution in [1.82, 2.24) is 10.2 Å². The lowest BCUT2D eigenvalue weighted by molar-refractivity contribution is 0.316. The van der Waals surface area contributed by atoms with Gasteiger partial charge in [0.25, 0.3) is 0 Å². The van der Waals surface area contributed by atoms with Crippen LogP contribution in [0.1, 0.15) is 24.1 Å². The van der Waals surface area contributed by atoms with Gasteiger partial charge in [0.2, 0.25) is 0 Å². The van der Waals surface area contributed by atoms with E-state index < -0.39 is 0 Å². The Morgan fingerprint density at radius 1 is 1.41 bits per heavy atom. The van der Waals surface area contributed by atoms with E-state index in [2.05, 4.69) is 37.6 Å². The predicted octanol–water partition coefficient (Wildman–Crippen LogP) is 3.08. The quantitative estimate of drug-likeness (QED) is 0.898. The second-order valence-electron chi connectivity index (χ2n) is 5.26. The van der Waals surface area contributed by atoms with E-state index in [-0.39, 0.29) is 0 Å². The zero-order chi connectivity index (χ0) is 11.7. The van der Waals surface area contributed by atoms with Gasteiger partial charge in [-0.25, -0.2) is 0 Å². The minimum atomic E-state index is 0.857. The second kappa shape index (κ2) is 5.39. The van der Waals surface area contributed by atoms with Gasteiger partial charge < -0.3 is 5.32 Å². The van der Waals surface area contributed by atoms with E-state index in [1.807, 2.05) is 11.3 Å². The van der Waals surface area contributed by atoms with Crippen LogP contribution < -0.4 is 5.32 Å². The Labute approximate surface area is 116 Å². The number of rotatable bonds is 5. The van der Waals surface area contributed by atoms with Gasteiger partial charge >= 0.3 is 0 Å². The fourth-order valence-electron chi connectivity index (χ4n) is 2.48. The molecular weight excluding hydrogens is 296 g/mol. The average Bonchev–Trinajstić information content (AvgIpc) is 2.92. The largest absolute Gasteiger partial charge is 0.314 e. The highest BCUT2D eigenvalue weighted by molar-refractivity contribution is 9.10. The van der Waals surface area contributed by atoms with Crippen molar-refractivity contribution in [1.29, 1.82) is 0 Å². The lowest BCUT2D eigenvalue weighted by Gasteiger charge is -2.15. The maximum absolute atomic E-state index is 3.66. The standard InChI is InChI=1S/C13H19BrN2S/c14-12-4-6-17-13(12)9-16-5-3-10(8-16)7-15-11-1-2-11/h4,6,10-11,15H,1-3,5,7-9H2. The first-order valence-corrected chi connectivity index (χ1v) is 8.16. The Morgan fingerprint density at radius 2 is 2.29 bits per heavy atom. The summed E-state index contributed by atoms with van der Waals surface area (Å²) in [5, 5.41) is 5.82. The molecule has 17 heavy (non-hydrogen) atoms. The molecular formula is C13H19BrN2S. The Morgan fingerprint density at radius 3 is 3.00 bits per heavy atom. The van der Waals surface area contributed by atoms with E-state index in [0.717, 1.165) is 18.5 Å². The molecule has 4 heteroatoms. The summed E-state index contributed by atoms with van der Waals surface area (Å²) in [6.07, 6.45) is 4.17. The summed E-state index contributed by atoms with van der Waals surface area (Å²) in [5.74, 6) is 0.870. The molecule has 2 heterocycles. The Hall–Kier alpha value is 0.1000. The summed E-state index contributed by atoms with van der Waals surface area (Å²) in [5.41, 5.74) is 0. The topological polar surface area (TPSA) is 15.3 Å². The number of likely N-dealkylation sites (tertiary alicyclic amines) is 1. The van der Waals surface area contributed by atoms with Gasteiger partial charge in [0, 0.05) is 28.5 Å². The minimum absolute atomic E-state index is 0.857. The molecule has 2 aliphatic rings. The third-order valence-corrected chi connectivity index (χ3v) is 5.61. The molecule has 1 unspecified atom stereocenters. The molecule has 0 radical (unpaired) electrons. The molecule has 1 aliphatic heterocycles. The highest BCUT2D eigenvalue weighted by Crippen LogP contribution is 2.27. The smallest absolute Gasteiger partial charge is 0.0339 e. The van der Waals surface area contributed by atoms with Crippen molar-refractivity contribution in [3.8, 4) is 0 Å². The molecule has 2 nitrogen and oxygen atoms in total. The fraction of sp³-hybridized carbons (Fsp3) is 0.692. The Bertz CT molecular complexity index is 375. The Kier molecular flexibility index (Phi) is 3.85. The van der Waals surface area contributed by atoms with Crippen molar-refractivity contribution in [2.75, 3.05) is 19.6 Å². The van der Waals surface area contributed by atoms with Crippen molar-refractivity contribution in [3.63, 3.8) is 0 Å². The normalized spacial score (nSPS) is 25.6. The summed E-state index contributed by atoms with van der Waals surface area (Å²) < 4.78 is 1.28. The van der Waals surface area contributed by atoms with E-state index in [0.29, 0.717) is 0 Å². The van der Waals surface area contributed by atoms with Crippen LogP contribution in [-0.2, 0) is 6.54 Å². The highest BCUT2D eigenvalue weighted by Gasteiger charge is 2.26. The molecule has 1 N–H and O–H groups in total. The van der Waals surface area contributed by atoms with Gasteiger partial charge in [-0.15, -0.1) is 11.3 Å².